The van der Waals surface area contributed by atoms with Crippen molar-refractivity contribution in [3.8, 4) is 6.07 Å². The molecule has 1 rings (SSSR count). The van der Waals surface area contributed by atoms with Crippen molar-refractivity contribution in [2.75, 3.05) is 11.9 Å². The number of anilines is 1. The van der Waals surface area contributed by atoms with Gasteiger partial charge in [0.2, 0.25) is 0 Å². The molecule has 1 aromatic rings. The number of alkyl carbamates (subject to hydrolysis) is 1. The van der Waals surface area contributed by atoms with Gasteiger partial charge in [0.25, 0.3) is 11.6 Å². The number of carbonyl (C=O) groups is 2. The SMILES string of the molecule is CCOC(=O)NC(=O)/C(C#N)=C\Nc1ccc([N+](=O)[O-])cc1. The number of hydrogen-bond acceptors (Lipinski definition) is 7. The van der Waals surface area contributed by atoms with E-state index in [1.807, 2.05) is 5.32 Å². The van der Waals surface area contributed by atoms with Crippen LogP contribution in [0.25, 0.3) is 0 Å². The van der Waals surface area contributed by atoms with Crippen molar-refractivity contribution in [1.29, 1.82) is 5.26 Å². The second-order valence-corrected chi connectivity index (χ2v) is 3.79. The molecule has 0 fully saturated rings. The molecule has 0 aliphatic carbocycles. The average molecular weight is 304 g/mol. The van der Waals surface area contributed by atoms with Gasteiger partial charge >= 0.3 is 6.09 Å². The molecular weight excluding hydrogens is 292 g/mol. The minimum atomic E-state index is -0.955. The molecule has 0 saturated heterocycles. The molecule has 114 valence electrons. The van der Waals surface area contributed by atoms with Gasteiger partial charge in [-0.2, -0.15) is 5.26 Å². The monoisotopic (exact) mass is 304 g/mol. The molecule has 1 aromatic carbocycles. The van der Waals surface area contributed by atoms with Crippen molar-refractivity contribution in [3.05, 3.63) is 46.2 Å². The Kier molecular flexibility index (Phi) is 6.06. The van der Waals surface area contributed by atoms with Gasteiger partial charge < -0.3 is 10.1 Å². The number of rotatable bonds is 5. The number of nitrogens with one attached hydrogen (secondary N) is 2. The first kappa shape index (κ1) is 16.6. The largest absolute Gasteiger partial charge is 0.450 e. The van der Waals surface area contributed by atoms with E-state index in [1.54, 1.807) is 13.0 Å². The van der Waals surface area contributed by atoms with Crippen molar-refractivity contribution >= 4 is 23.4 Å². The third kappa shape index (κ3) is 4.93. The first-order chi connectivity index (χ1) is 10.5. The summed E-state index contributed by atoms with van der Waals surface area (Å²) in [6.45, 7) is 1.66. The number of carbonyl (C=O) groups excluding carboxylic acids is 2. The molecule has 9 nitrogen and oxygen atoms in total. The number of non-ortho nitro benzene ring substituents is 1. The third-order valence-corrected chi connectivity index (χ3v) is 2.32. The van der Waals surface area contributed by atoms with Crippen LogP contribution in [0.4, 0.5) is 16.2 Å². The molecule has 22 heavy (non-hydrogen) atoms. The van der Waals surface area contributed by atoms with E-state index in [9.17, 15) is 19.7 Å². The summed E-state index contributed by atoms with van der Waals surface area (Å²) >= 11 is 0. The van der Waals surface area contributed by atoms with Crippen molar-refractivity contribution < 1.29 is 19.2 Å². The quantitative estimate of drug-likeness (QED) is 0.365. The maximum Gasteiger partial charge on any atom is 0.414 e. The molecule has 2 N–H and O–H groups in total. The van der Waals surface area contributed by atoms with Crippen LogP contribution in [-0.2, 0) is 9.53 Å². The van der Waals surface area contributed by atoms with Crippen molar-refractivity contribution in [2.45, 2.75) is 6.92 Å². The molecule has 0 atom stereocenters. The number of nitro groups is 1. The molecule has 0 saturated carbocycles. The Hall–Kier alpha value is -3.41. The molecule has 2 amide bonds. The van der Waals surface area contributed by atoms with Crippen LogP contribution >= 0.6 is 0 Å². The predicted octanol–water partition coefficient (Wildman–Crippen LogP) is 1.69. The first-order valence-corrected chi connectivity index (χ1v) is 6.07. The second-order valence-electron chi connectivity index (χ2n) is 3.79. The Morgan fingerprint density at radius 3 is 2.55 bits per heavy atom. The first-order valence-electron chi connectivity index (χ1n) is 6.07. The molecule has 0 heterocycles. The van der Waals surface area contributed by atoms with Gasteiger partial charge in [-0.25, -0.2) is 4.79 Å². The lowest BCUT2D eigenvalue weighted by Crippen LogP contribution is -2.32. The molecule has 9 heteroatoms. The number of amides is 2. The topological polar surface area (TPSA) is 134 Å². The summed E-state index contributed by atoms with van der Waals surface area (Å²) in [7, 11) is 0. The summed E-state index contributed by atoms with van der Waals surface area (Å²) in [4.78, 5) is 32.6. The van der Waals surface area contributed by atoms with Gasteiger partial charge in [-0.05, 0) is 19.1 Å². The Labute approximate surface area is 125 Å². The van der Waals surface area contributed by atoms with Gasteiger partial charge in [-0.15, -0.1) is 0 Å². The zero-order valence-corrected chi connectivity index (χ0v) is 11.5. The van der Waals surface area contributed by atoms with Crippen molar-refractivity contribution in [1.82, 2.24) is 5.32 Å². The fourth-order valence-electron chi connectivity index (χ4n) is 1.31. The summed E-state index contributed by atoms with van der Waals surface area (Å²) in [5.74, 6) is -0.921. The van der Waals surface area contributed by atoms with Crippen molar-refractivity contribution in [3.63, 3.8) is 0 Å². The smallest absolute Gasteiger partial charge is 0.414 e. The van der Waals surface area contributed by atoms with E-state index in [2.05, 4.69) is 10.1 Å². The van der Waals surface area contributed by atoms with Crippen LogP contribution in [0.15, 0.2) is 36.0 Å². The highest BCUT2D eigenvalue weighted by Crippen LogP contribution is 2.15. The lowest BCUT2D eigenvalue weighted by Gasteiger charge is -2.04. The lowest BCUT2D eigenvalue weighted by molar-refractivity contribution is -0.384. The highest BCUT2D eigenvalue weighted by Gasteiger charge is 2.13. The molecule has 0 radical (unpaired) electrons. The van der Waals surface area contributed by atoms with E-state index in [4.69, 9.17) is 5.26 Å². The van der Waals surface area contributed by atoms with E-state index in [0.717, 1.165) is 6.20 Å². The summed E-state index contributed by atoms with van der Waals surface area (Å²) in [6.07, 6.45) is 0.124. The number of nitriles is 1. The molecule has 0 spiro atoms. The minimum absolute atomic E-state index is 0.0879. The standard InChI is InChI=1S/C13H12N4O5/c1-2-22-13(19)16-12(18)9(7-14)8-15-10-3-5-11(6-4-10)17(20)21/h3-6,8,15H,2H2,1H3,(H,16,18,19)/b9-8-. The fourth-order valence-corrected chi connectivity index (χ4v) is 1.31. The van der Waals surface area contributed by atoms with Gasteiger partial charge in [-0.1, -0.05) is 0 Å². The number of ether oxygens (including phenoxy) is 1. The number of nitrogens with zero attached hydrogens (tertiary/aromatic N) is 2. The molecule has 0 aliphatic heterocycles. The Morgan fingerprint density at radius 1 is 1.41 bits per heavy atom. The van der Waals surface area contributed by atoms with Gasteiger partial charge in [0.15, 0.2) is 0 Å². The summed E-state index contributed by atoms with van der Waals surface area (Å²) < 4.78 is 4.51. The van der Waals surface area contributed by atoms with E-state index in [0.29, 0.717) is 5.69 Å². The molecule has 0 aromatic heterocycles. The second kappa shape index (κ2) is 8.01. The van der Waals surface area contributed by atoms with Crippen molar-refractivity contribution in [2.24, 2.45) is 0 Å². The summed E-state index contributed by atoms with van der Waals surface area (Å²) in [5, 5.41) is 23.9. The maximum atomic E-state index is 11.6. The summed E-state index contributed by atoms with van der Waals surface area (Å²) in [5.41, 5.74) is -0.0104. The Morgan fingerprint density at radius 2 is 2.05 bits per heavy atom. The van der Waals surface area contributed by atoms with E-state index >= 15 is 0 Å². The number of imide groups is 1. The van der Waals surface area contributed by atoms with Gasteiger partial charge in [0, 0.05) is 24.0 Å². The molecular formula is C13H12N4O5. The zero-order chi connectivity index (χ0) is 16.5. The third-order valence-electron chi connectivity index (χ3n) is 2.32. The highest BCUT2D eigenvalue weighted by atomic mass is 16.6. The molecule has 0 unspecified atom stereocenters. The van der Waals surface area contributed by atoms with Gasteiger partial charge in [0.05, 0.1) is 11.5 Å². The van der Waals surface area contributed by atoms with Crippen LogP contribution in [-0.4, -0.2) is 23.5 Å². The molecule has 0 bridgehead atoms. The number of nitro benzene ring substituents is 1. The van der Waals surface area contributed by atoms with Crippen LogP contribution in [0.1, 0.15) is 6.92 Å². The normalized spacial score (nSPS) is 10.3. The Balaban J connectivity index is 2.73. The fraction of sp³-hybridized carbons (Fsp3) is 0.154. The molecule has 0 aliphatic rings. The van der Waals surface area contributed by atoms with Gasteiger partial charge in [0.1, 0.15) is 11.6 Å². The van der Waals surface area contributed by atoms with E-state index in [-0.39, 0.29) is 17.9 Å². The lowest BCUT2D eigenvalue weighted by atomic mass is 10.2. The van der Waals surface area contributed by atoms with E-state index in [1.165, 1.54) is 24.3 Å². The number of hydrogen-bond donors (Lipinski definition) is 2. The predicted molar refractivity (Wildman–Crippen MR) is 75.6 cm³/mol. The highest BCUT2D eigenvalue weighted by molar-refractivity contribution is 6.05. The maximum absolute atomic E-state index is 11.6. The van der Waals surface area contributed by atoms with Crippen LogP contribution in [0.5, 0.6) is 0 Å². The van der Waals surface area contributed by atoms with Crippen LogP contribution in [0.2, 0.25) is 0 Å². The van der Waals surface area contributed by atoms with E-state index < -0.39 is 16.9 Å². The van der Waals surface area contributed by atoms with Gasteiger partial charge in [-0.3, -0.25) is 20.2 Å². The summed E-state index contributed by atoms with van der Waals surface area (Å²) in [6, 6.07) is 6.97. The minimum Gasteiger partial charge on any atom is -0.450 e. The average Bonchev–Trinajstić information content (AvgIpc) is 2.48. The van der Waals surface area contributed by atoms with Crippen LogP contribution in [0.3, 0.4) is 0 Å². The van der Waals surface area contributed by atoms with Crippen LogP contribution < -0.4 is 10.6 Å². The van der Waals surface area contributed by atoms with Crippen LogP contribution in [0, 0.1) is 21.4 Å². The zero-order valence-electron chi connectivity index (χ0n) is 11.5. The Bertz CT molecular complexity index is 645. The number of benzene rings is 1.